The molecule has 1 aliphatic heterocycles. The molecule has 1 heterocycles. The Morgan fingerprint density at radius 2 is 1.25 bits per heavy atom. The van der Waals surface area contributed by atoms with E-state index in [2.05, 4.69) is 72.9 Å². The summed E-state index contributed by atoms with van der Waals surface area (Å²) < 4.78 is 16.1. The molecule has 0 saturated carbocycles. The fraction of sp³-hybridized carbons (Fsp3) is 0.406. The molecule has 0 aromatic heterocycles. The van der Waals surface area contributed by atoms with Gasteiger partial charge in [-0.05, 0) is 105 Å². The van der Waals surface area contributed by atoms with Crippen LogP contribution < -0.4 is 22.1 Å². The van der Waals surface area contributed by atoms with Crippen LogP contribution in [0.1, 0.15) is 48.1 Å². The number of nitrogens with two attached hydrogens (primary N) is 2. The third-order valence-corrected chi connectivity index (χ3v) is 10.7. The Morgan fingerprint density at radius 1 is 0.841 bits per heavy atom. The summed E-state index contributed by atoms with van der Waals surface area (Å²) >= 11 is 4.29. The van der Waals surface area contributed by atoms with Gasteiger partial charge in [-0.2, -0.15) is 0 Å². The molecule has 3 aromatic carbocycles. The van der Waals surface area contributed by atoms with Crippen molar-refractivity contribution >= 4 is 73.8 Å². The number of phenolic OH excluding ortho intramolecular Hbond substituents is 2. The summed E-state index contributed by atoms with van der Waals surface area (Å²) in [6.07, 6.45) is -0.000912. The van der Waals surface area contributed by atoms with E-state index in [0.717, 1.165) is 78.6 Å². The van der Waals surface area contributed by atoms with Gasteiger partial charge in [0.1, 0.15) is 18.3 Å². The first-order valence-electron chi connectivity index (χ1n) is 14.6. The van der Waals surface area contributed by atoms with E-state index in [1.54, 1.807) is 0 Å². The van der Waals surface area contributed by atoms with Crippen molar-refractivity contribution in [3.05, 3.63) is 82.4 Å². The molecular formula is C32H52I2N4O4P2. The first-order chi connectivity index (χ1) is 21.0. The first kappa shape index (κ1) is 41.1. The highest BCUT2D eigenvalue weighted by atomic mass is 127. The number of aryl methyl sites for hydroxylation is 3. The van der Waals surface area contributed by atoms with E-state index in [1.807, 2.05) is 63.1 Å². The molecule has 0 radical (unpaired) electrons. The lowest BCUT2D eigenvalue weighted by atomic mass is 10.1. The lowest BCUT2D eigenvalue weighted by Gasteiger charge is -2.36. The van der Waals surface area contributed by atoms with Gasteiger partial charge in [-0.25, -0.2) is 0 Å². The van der Waals surface area contributed by atoms with Gasteiger partial charge in [0, 0.05) is 37.3 Å². The van der Waals surface area contributed by atoms with Gasteiger partial charge in [0.05, 0.1) is 9.23 Å². The minimum Gasteiger partial charge on any atom is -0.507 e. The summed E-state index contributed by atoms with van der Waals surface area (Å²) in [5, 5.41) is 23.0. The van der Waals surface area contributed by atoms with Gasteiger partial charge in [0.15, 0.2) is 0 Å². The van der Waals surface area contributed by atoms with Crippen LogP contribution in [0.15, 0.2) is 54.6 Å². The number of rotatable bonds is 8. The summed E-state index contributed by atoms with van der Waals surface area (Å²) in [6, 6.07) is 18.0. The summed E-state index contributed by atoms with van der Waals surface area (Å²) in [7, 11) is 0. The third kappa shape index (κ3) is 16.6. The minimum atomic E-state index is -0.983. The second-order valence-corrected chi connectivity index (χ2v) is 14.2. The normalized spacial score (nSPS) is 14.6. The van der Waals surface area contributed by atoms with Crippen LogP contribution >= 0.6 is 56.4 Å². The van der Waals surface area contributed by atoms with E-state index in [9.17, 15) is 10.2 Å². The zero-order valence-electron chi connectivity index (χ0n) is 27.3. The van der Waals surface area contributed by atoms with Gasteiger partial charge in [-0.3, -0.25) is 9.80 Å². The van der Waals surface area contributed by atoms with E-state index in [-0.39, 0.29) is 12.9 Å². The van der Waals surface area contributed by atoms with Crippen LogP contribution in [0.5, 0.6) is 11.5 Å². The summed E-state index contributed by atoms with van der Waals surface area (Å²) in [6.45, 7) is 13.3. The van der Waals surface area contributed by atoms with Crippen molar-refractivity contribution in [3.63, 3.8) is 0 Å². The van der Waals surface area contributed by atoms with E-state index in [1.165, 1.54) is 5.56 Å². The van der Waals surface area contributed by atoms with Crippen molar-refractivity contribution in [3.8, 4) is 11.5 Å². The number of carbonyl (C=O) groups excluding carboxylic acids is 1. The Balaban J connectivity index is 0. The van der Waals surface area contributed by atoms with Gasteiger partial charge < -0.3 is 32.0 Å². The van der Waals surface area contributed by atoms with Crippen LogP contribution in [0, 0.1) is 20.8 Å². The Morgan fingerprint density at radius 3 is 1.55 bits per heavy atom. The first-order valence-corrected chi connectivity index (χ1v) is 21.0. The molecule has 1 fully saturated rings. The van der Waals surface area contributed by atoms with Crippen molar-refractivity contribution in [2.45, 2.75) is 54.1 Å². The number of aromatic hydroxyl groups is 2. The topological polar surface area (TPSA) is 148 Å². The molecule has 12 heteroatoms. The minimum absolute atomic E-state index is 0. The average Bonchev–Trinajstić information content (AvgIpc) is 3.00. The molecule has 8 N–H and O–H groups in total. The fourth-order valence-corrected chi connectivity index (χ4v) is 6.90. The molecule has 3 aromatic rings. The van der Waals surface area contributed by atoms with Gasteiger partial charge in [-0.1, -0.05) is 87.4 Å². The maximum atomic E-state index is 10.5. The number of benzene rings is 3. The highest BCUT2D eigenvalue weighted by molar-refractivity contribution is 14.2. The van der Waals surface area contributed by atoms with E-state index < -0.39 is 12.3 Å². The lowest BCUT2D eigenvalue weighted by molar-refractivity contribution is -0.0980. The Hall–Kier alpha value is -0.950. The van der Waals surface area contributed by atoms with Crippen LogP contribution in [0.2, 0.25) is 0 Å². The molecule has 4 rings (SSSR count). The summed E-state index contributed by atoms with van der Waals surface area (Å²) in [5.74, 6) is 0.659. The largest absolute Gasteiger partial charge is 0.507 e. The van der Waals surface area contributed by atoms with Crippen LogP contribution in [0.3, 0.4) is 0 Å². The molecule has 2 atom stereocenters. The molecule has 0 aliphatic carbocycles. The van der Waals surface area contributed by atoms with E-state index in [0.29, 0.717) is 24.6 Å². The average molecular weight is 875 g/mol. The molecule has 1 saturated heterocycles. The molecule has 248 valence electrons. The highest BCUT2D eigenvalue weighted by Gasteiger charge is 2.21. The van der Waals surface area contributed by atoms with Crippen LogP contribution in [0.4, 0.5) is 0 Å². The van der Waals surface area contributed by atoms with Crippen LogP contribution in [-0.4, -0.2) is 67.7 Å². The second kappa shape index (κ2) is 26.2. The third-order valence-electron chi connectivity index (χ3n) is 6.41. The van der Waals surface area contributed by atoms with Gasteiger partial charge in [0.25, 0.3) is 0 Å². The highest BCUT2D eigenvalue weighted by Crippen LogP contribution is 2.30. The second-order valence-electron chi connectivity index (χ2n) is 9.90. The summed E-state index contributed by atoms with van der Waals surface area (Å²) in [5.41, 5.74) is 14.9. The number of carbonyl (C=O) groups is 1. The van der Waals surface area contributed by atoms with Crippen molar-refractivity contribution in [1.82, 2.24) is 9.80 Å². The predicted octanol–water partition coefficient (Wildman–Crippen LogP) is 5.60. The SMILES string of the molecule is C.C=O.Cc1ccccc1.NCCCN.O.[2H]P(I)c1cc(C)c(O)c(CN2CCCN(Cc3cc(P([2H])I)cc(C)c3O)C2)c1. The maximum Gasteiger partial charge on any atom is 0.123 e. The molecule has 2 unspecified atom stereocenters. The zero-order valence-corrected chi connectivity index (χ0v) is 31.4. The molecular weight excluding hydrogens is 820 g/mol. The van der Waals surface area contributed by atoms with Crippen molar-refractivity contribution in [2.75, 3.05) is 32.8 Å². The number of phenols is 2. The van der Waals surface area contributed by atoms with Gasteiger partial charge in [-0.15, -0.1) is 0 Å². The number of hydrogen-bond donors (Lipinski definition) is 4. The van der Waals surface area contributed by atoms with Crippen molar-refractivity contribution < 1.29 is 20.5 Å². The van der Waals surface area contributed by atoms with E-state index >= 15 is 0 Å². The maximum absolute atomic E-state index is 10.5. The molecule has 0 spiro atoms. The predicted molar refractivity (Wildman–Crippen MR) is 211 cm³/mol. The standard InChI is InChI=1S/C20H26I2N2O2P2.C7H8.C3H10N2.CH2O.CH4.H2O/c1-13-6-17(27-21)8-15(19(13)25)10-23-4-3-5-24(12-23)11-16-9-18(28-22)7-14(2)20(16)26;1-7-5-3-2-4-6-7;4-2-1-3-5;1-2;;/h6-9,25-28H,3-5,10-12H2,1-2H3;2-6H,1H3;1-5H2;1H2;1H4;1H2/i27D,28D;;;;;. The molecule has 0 amide bonds. The smallest absolute Gasteiger partial charge is 0.123 e. The zero-order chi connectivity index (χ0) is 33.2. The Labute approximate surface area is 297 Å². The van der Waals surface area contributed by atoms with E-state index in [4.69, 9.17) is 18.8 Å². The van der Waals surface area contributed by atoms with Gasteiger partial charge >= 0.3 is 0 Å². The van der Waals surface area contributed by atoms with Crippen molar-refractivity contribution in [2.24, 2.45) is 11.5 Å². The fourth-order valence-electron chi connectivity index (χ4n) is 4.34. The van der Waals surface area contributed by atoms with Crippen LogP contribution in [-0.2, 0) is 17.9 Å². The lowest BCUT2D eigenvalue weighted by Crippen LogP contribution is -2.44. The molecule has 8 nitrogen and oxygen atoms in total. The number of nitrogens with zero attached hydrogens (tertiary/aromatic N) is 2. The van der Waals surface area contributed by atoms with Crippen LogP contribution in [0.25, 0.3) is 0 Å². The molecule has 0 bridgehead atoms. The number of halogens is 2. The quantitative estimate of drug-likeness (QED) is 0.170. The molecule has 44 heavy (non-hydrogen) atoms. The monoisotopic (exact) mass is 874 g/mol. The Kier molecular flexibility index (Phi) is 24.4. The van der Waals surface area contributed by atoms with Crippen molar-refractivity contribution in [1.29, 1.82) is 2.56 Å². The summed E-state index contributed by atoms with van der Waals surface area (Å²) in [4.78, 5) is 12.6. The Bertz CT molecular complexity index is 1200. The number of hydrogen-bond acceptors (Lipinski definition) is 7. The van der Waals surface area contributed by atoms with Gasteiger partial charge in [0.2, 0.25) is 0 Å². The molecule has 1 aliphatic rings.